The van der Waals surface area contributed by atoms with E-state index in [4.69, 9.17) is 23.2 Å². The molecule has 0 unspecified atom stereocenters. The van der Waals surface area contributed by atoms with Crippen LogP contribution >= 0.6 is 23.2 Å². The molecule has 8 nitrogen and oxygen atoms in total. The van der Waals surface area contributed by atoms with Gasteiger partial charge in [-0.05, 0) is 80.6 Å². The summed E-state index contributed by atoms with van der Waals surface area (Å²) in [6.07, 6.45) is -0.282. The SMILES string of the molecule is Cc1ccc(S(=O)(=O)NC(=O)C[C@@]2(C)C[C@H](c3cccc(Cl)c3)[C@@H](c3ccc(Cl)cc3)N([C@H](CS(=O)(=O)C(C)C)C(C)C)C2=O)cc1. The van der Waals surface area contributed by atoms with Crippen molar-refractivity contribution in [3.8, 4) is 0 Å². The first kappa shape index (κ1) is 36.9. The van der Waals surface area contributed by atoms with E-state index < -0.39 is 66.8 Å². The number of halogens is 2. The van der Waals surface area contributed by atoms with Gasteiger partial charge in [0.1, 0.15) is 0 Å². The summed E-state index contributed by atoms with van der Waals surface area (Å²) in [6, 6.07) is 19.0. The molecule has 4 rings (SSSR count). The number of nitrogens with zero attached hydrogens (tertiary/aromatic N) is 1. The van der Waals surface area contributed by atoms with Crippen LogP contribution in [-0.2, 0) is 29.4 Å². The van der Waals surface area contributed by atoms with E-state index in [0.29, 0.717) is 10.0 Å². The molecule has 1 N–H and O–H groups in total. The van der Waals surface area contributed by atoms with E-state index in [9.17, 15) is 26.4 Å². The van der Waals surface area contributed by atoms with Gasteiger partial charge in [0.2, 0.25) is 11.8 Å². The lowest BCUT2D eigenvalue weighted by molar-refractivity contribution is -0.157. The first-order valence-electron chi connectivity index (χ1n) is 15.5. The molecule has 0 spiro atoms. The van der Waals surface area contributed by atoms with E-state index in [1.54, 1.807) is 68.1 Å². The van der Waals surface area contributed by atoms with Crippen LogP contribution in [0.1, 0.15) is 76.1 Å². The van der Waals surface area contributed by atoms with Crippen LogP contribution in [0.3, 0.4) is 0 Å². The Balaban J connectivity index is 1.86. The minimum absolute atomic E-state index is 0.0726. The van der Waals surface area contributed by atoms with Gasteiger partial charge in [0, 0.05) is 28.4 Å². The lowest BCUT2D eigenvalue weighted by Gasteiger charge is -2.53. The summed E-state index contributed by atoms with van der Waals surface area (Å²) in [5.41, 5.74) is 0.992. The van der Waals surface area contributed by atoms with Crippen LogP contribution in [-0.4, -0.2) is 50.6 Å². The smallest absolute Gasteiger partial charge is 0.264 e. The van der Waals surface area contributed by atoms with Gasteiger partial charge in [0.15, 0.2) is 9.84 Å². The van der Waals surface area contributed by atoms with Crippen LogP contribution in [0.2, 0.25) is 10.0 Å². The summed E-state index contributed by atoms with van der Waals surface area (Å²) < 4.78 is 55.3. The number of carbonyl (C=O) groups is 2. The van der Waals surface area contributed by atoms with E-state index in [-0.39, 0.29) is 23.0 Å². The van der Waals surface area contributed by atoms with E-state index in [1.807, 2.05) is 39.0 Å². The standard InChI is InChI=1S/C35H42Cl2N2O6S2/c1-22(2)31(21-46(42,43)23(3)4)39-33(25-12-14-27(36)15-13-25)30(26-8-7-9-28(37)18-26)19-35(6,34(39)41)20-32(40)38-47(44,45)29-16-10-24(5)11-17-29/h7-18,22-23,30-31,33H,19-21H2,1-6H3,(H,38,40)/t30-,31-,33-,35-/m1/s1. The molecule has 1 aliphatic heterocycles. The number of likely N-dealkylation sites (tertiary alicyclic amines) is 1. The number of sulfonamides is 1. The van der Waals surface area contributed by atoms with Gasteiger partial charge < -0.3 is 4.90 Å². The van der Waals surface area contributed by atoms with Crippen molar-refractivity contribution < 1.29 is 26.4 Å². The predicted molar refractivity (Wildman–Crippen MR) is 187 cm³/mol. The maximum absolute atomic E-state index is 14.9. The van der Waals surface area contributed by atoms with Gasteiger partial charge in [-0.1, -0.05) is 85.9 Å². The Morgan fingerprint density at radius 3 is 2.09 bits per heavy atom. The molecule has 1 fully saturated rings. The molecule has 2 amide bonds. The Morgan fingerprint density at radius 1 is 0.915 bits per heavy atom. The lowest BCUT2D eigenvalue weighted by atomic mass is 9.66. The molecule has 4 atom stereocenters. The van der Waals surface area contributed by atoms with Crippen LogP contribution in [0.5, 0.6) is 0 Å². The number of hydrogen-bond donors (Lipinski definition) is 1. The molecular weight excluding hydrogens is 679 g/mol. The van der Waals surface area contributed by atoms with E-state index in [2.05, 4.69) is 4.72 Å². The van der Waals surface area contributed by atoms with Gasteiger partial charge in [-0.2, -0.15) is 0 Å². The highest BCUT2D eigenvalue weighted by atomic mass is 35.5. The average molecular weight is 722 g/mol. The molecule has 47 heavy (non-hydrogen) atoms. The maximum Gasteiger partial charge on any atom is 0.264 e. The van der Waals surface area contributed by atoms with Crippen molar-refractivity contribution in [1.82, 2.24) is 9.62 Å². The highest BCUT2D eigenvalue weighted by Gasteiger charge is 2.53. The quantitative estimate of drug-likeness (QED) is 0.226. The first-order valence-corrected chi connectivity index (χ1v) is 19.5. The summed E-state index contributed by atoms with van der Waals surface area (Å²) in [5, 5.41) is 0.304. The molecule has 1 aliphatic rings. The van der Waals surface area contributed by atoms with E-state index in [0.717, 1.165) is 16.7 Å². The summed E-state index contributed by atoms with van der Waals surface area (Å²) in [5.74, 6) is -2.30. The predicted octanol–water partition coefficient (Wildman–Crippen LogP) is 7.11. The van der Waals surface area contributed by atoms with Crippen molar-refractivity contribution in [2.24, 2.45) is 11.3 Å². The zero-order chi connectivity index (χ0) is 34.9. The molecule has 0 aromatic heterocycles. The second-order valence-corrected chi connectivity index (χ2v) is 18.5. The van der Waals surface area contributed by atoms with Crippen molar-refractivity contribution in [3.63, 3.8) is 0 Å². The van der Waals surface area contributed by atoms with Crippen LogP contribution in [0.4, 0.5) is 0 Å². The minimum atomic E-state index is -4.21. The Bertz CT molecular complexity index is 1830. The molecule has 1 saturated heterocycles. The monoisotopic (exact) mass is 720 g/mol. The Morgan fingerprint density at radius 2 is 1.53 bits per heavy atom. The van der Waals surface area contributed by atoms with Gasteiger partial charge in [0.25, 0.3) is 10.0 Å². The van der Waals surface area contributed by atoms with Gasteiger partial charge >= 0.3 is 0 Å². The average Bonchev–Trinajstić information content (AvgIpc) is 2.97. The molecule has 3 aromatic rings. The van der Waals surface area contributed by atoms with Gasteiger partial charge in [-0.15, -0.1) is 0 Å². The molecule has 254 valence electrons. The Labute approximate surface area is 288 Å². The zero-order valence-electron chi connectivity index (χ0n) is 27.4. The van der Waals surface area contributed by atoms with E-state index >= 15 is 0 Å². The number of carbonyl (C=O) groups excluding carboxylic acids is 2. The highest BCUT2D eigenvalue weighted by Crippen LogP contribution is 2.52. The molecule has 1 heterocycles. The summed E-state index contributed by atoms with van der Waals surface area (Å²) >= 11 is 12.7. The fourth-order valence-electron chi connectivity index (χ4n) is 6.25. The zero-order valence-corrected chi connectivity index (χ0v) is 30.6. The van der Waals surface area contributed by atoms with Crippen molar-refractivity contribution in [2.75, 3.05) is 5.75 Å². The molecule has 3 aromatic carbocycles. The molecule has 0 aliphatic carbocycles. The highest BCUT2D eigenvalue weighted by molar-refractivity contribution is 7.92. The van der Waals surface area contributed by atoms with Crippen molar-refractivity contribution >= 4 is 54.9 Å². The Hall–Kier alpha value is -2.92. The molecule has 0 saturated carbocycles. The number of rotatable bonds is 11. The van der Waals surface area contributed by atoms with Gasteiger partial charge in [-0.3, -0.25) is 9.59 Å². The third-order valence-corrected chi connectivity index (χ3v) is 13.1. The van der Waals surface area contributed by atoms with E-state index in [1.165, 1.54) is 12.1 Å². The van der Waals surface area contributed by atoms with Crippen molar-refractivity contribution in [1.29, 1.82) is 0 Å². The Kier molecular flexibility index (Phi) is 11.2. The summed E-state index contributed by atoms with van der Waals surface area (Å²) in [4.78, 5) is 30.0. The third kappa shape index (κ3) is 8.39. The fourth-order valence-corrected chi connectivity index (χ4v) is 8.97. The minimum Gasteiger partial charge on any atom is -0.330 e. The number of piperidine rings is 1. The summed E-state index contributed by atoms with van der Waals surface area (Å²) in [6.45, 7) is 10.4. The normalized spacial score (nSPS) is 21.2. The number of hydrogen-bond acceptors (Lipinski definition) is 6. The number of amides is 2. The first-order chi connectivity index (χ1) is 21.8. The van der Waals surface area contributed by atoms with Crippen molar-refractivity contribution in [2.45, 2.75) is 82.5 Å². The second kappa shape index (κ2) is 14.3. The molecule has 0 bridgehead atoms. The van der Waals surface area contributed by atoms with Crippen LogP contribution in [0, 0.1) is 18.3 Å². The lowest BCUT2D eigenvalue weighted by Crippen LogP contribution is -2.59. The number of sulfone groups is 1. The molecular formula is C35H42Cl2N2O6S2. The van der Waals surface area contributed by atoms with Crippen LogP contribution < -0.4 is 4.72 Å². The van der Waals surface area contributed by atoms with Gasteiger partial charge in [0.05, 0.1) is 27.4 Å². The number of benzene rings is 3. The summed E-state index contributed by atoms with van der Waals surface area (Å²) in [7, 11) is -7.84. The van der Waals surface area contributed by atoms with Crippen LogP contribution in [0.15, 0.2) is 77.7 Å². The molecule has 12 heteroatoms. The topological polar surface area (TPSA) is 118 Å². The fraction of sp³-hybridized carbons (Fsp3) is 0.429. The maximum atomic E-state index is 14.9. The van der Waals surface area contributed by atoms with Crippen LogP contribution in [0.25, 0.3) is 0 Å². The van der Waals surface area contributed by atoms with Crippen molar-refractivity contribution in [3.05, 3.63) is 99.5 Å². The third-order valence-electron chi connectivity index (χ3n) is 8.97. The second-order valence-electron chi connectivity index (χ2n) is 13.3. The molecule has 0 radical (unpaired) electrons. The number of aryl methyl sites for hydroxylation is 1. The van der Waals surface area contributed by atoms with Gasteiger partial charge in [-0.25, -0.2) is 21.6 Å². The number of nitrogens with one attached hydrogen (secondary N) is 1. The largest absolute Gasteiger partial charge is 0.330 e.